The van der Waals surface area contributed by atoms with E-state index in [-0.39, 0.29) is 19.5 Å². The Kier molecular flexibility index (Phi) is 31.9. The standard InChI is InChI=1S/4C7H14N.CHNS.Zn/c4*1-2-7-3-5-8-6-4-7;2-1-3;/h4*7H,2-6H2,1H3;3H;/q4*-1;;+2. The number of hydrogen-bond donors (Lipinski definition) is 1. The van der Waals surface area contributed by atoms with Gasteiger partial charge in [0.2, 0.25) is 0 Å². The van der Waals surface area contributed by atoms with Crippen LogP contribution in [0.4, 0.5) is 0 Å². The fourth-order valence-electron chi connectivity index (χ4n) is 4.85. The van der Waals surface area contributed by atoms with Crippen molar-refractivity contribution in [3.8, 4) is 5.40 Å². The summed E-state index contributed by atoms with van der Waals surface area (Å²) in [4.78, 5) is 0. The van der Waals surface area contributed by atoms with Crippen molar-refractivity contribution in [2.24, 2.45) is 23.7 Å². The van der Waals surface area contributed by atoms with E-state index >= 15 is 0 Å². The Morgan fingerprint density at radius 2 is 0.639 bits per heavy atom. The second-order valence-corrected chi connectivity index (χ2v) is 10.4. The molecule has 208 valence electrons. The van der Waals surface area contributed by atoms with Crippen LogP contribution in [0.15, 0.2) is 0 Å². The Morgan fingerprint density at radius 1 is 0.500 bits per heavy atom. The largest absolute Gasteiger partial charge is 2.00 e. The van der Waals surface area contributed by atoms with E-state index < -0.39 is 0 Å². The SMILES string of the molecule is CCC1CC[N-]CC1.CCC1CC[N-]CC1.CCC1CC[N-]CC1.CCC1CC[N-]CC1.N#CS.[Zn+2]. The number of nitriles is 1. The summed E-state index contributed by atoms with van der Waals surface area (Å²) < 4.78 is 0. The molecule has 0 aromatic carbocycles. The first-order chi connectivity index (χ1) is 17.1. The molecule has 4 heterocycles. The van der Waals surface area contributed by atoms with E-state index in [4.69, 9.17) is 5.26 Å². The third kappa shape index (κ3) is 23.4. The molecule has 0 amide bonds. The molecule has 4 aliphatic rings. The maximum Gasteiger partial charge on any atom is 2.00 e. The number of thiocyanates is 1. The quantitative estimate of drug-likeness (QED) is 0.203. The van der Waals surface area contributed by atoms with Crippen LogP contribution in [0.2, 0.25) is 0 Å². The van der Waals surface area contributed by atoms with Crippen LogP contribution in [-0.2, 0) is 19.5 Å². The van der Waals surface area contributed by atoms with Gasteiger partial charge in [-0.15, -0.1) is 52.4 Å². The molecular formula is C29H57N5SZn-2. The Labute approximate surface area is 244 Å². The maximum atomic E-state index is 7.18. The van der Waals surface area contributed by atoms with Gasteiger partial charge in [0.1, 0.15) is 5.40 Å². The molecule has 0 atom stereocenters. The van der Waals surface area contributed by atoms with Gasteiger partial charge in [-0.25, -0.2) is 0 Å². The predicted molar refractivity (Wildman–Crippen MR) is 159 cm³/mol. The Bertz CT molecular complexity index is 381. The van der Waals surface area contributed by atoms with Crippen molar-refractivity contribution in [2.45, 2.75) is 105 Å². The Morgan fingerprint density at radius 3 is 0.722 bits per heavy atom. The molecule has 4 rings (SSSR count). The maximum absolute atomic E-state index is 7.18. The second-order valence-electron chi connectivity index (χ2n) is 10.2. The summed E-state index contributed by atoms with van der Waals surface area (Å²) in [6.07, 6.45) is 16.2. The molecule has 0 bridgehead atoms. The summed E-state index contributed by atoms with van der Waals surface area (Å²) in [5, 5.41) is 25.7. The van der Waals surface area contributed by atoms with Crippen LogP contribution in [0.3, 0.4) is 0 Å². The topological polar surface area (TPSA) is 80.2 Å². The molecule has 7 heteroatoms. The molecule has 36 heavy (non-hydrogen) atoms. The smallest absolute Gasteiger partial charge is 0.662 e. The van der Waals surface area contributed by atoms with E-state index in [0.29, 0.717) is 0 Å². The minimum Gasteiger partial charge on any atom is -0.662 e. The van der Waals surface area contributed by atoms with Gasteiger partial charge in [0.05, 0.1) is 0 Å². The van der Waals surface area contributed by atoms with Crippen LogP contribution in [0.5, 0.6) is 0 Å². The first-order valence-electron chi connectivity index (χ1n) is 14.7. The zero-order valence-electron chi connectivity index (χ0n) is 24.3. The molecule has 0 spiro atoms. The molecule has 0 aliphatic carbocycles. The molecule has 0 saturated carbocycles. The summed E-state index contributed by atoms with van der Waals surface area (Å²) in [5.74, 6) is 3.97. The van der Waals surface area contributed by atoms with Crippen molar-refractivity contribution in [1.82, 2.24) is 0 Å². The molecule has 0 radical (unpaired) electrons. The summed E-state index contributed by atoms with van der Waals surface area (Å²) in [6, 6.07) is 0. The van der Waals surface area contributed by atoms with Crippen molar-refractivity contribution in [2.75, 3.05) is 52.4 Å². The third-order valence-corrected chi connectivity index (χ3v) is 7.87. The van der Waals surface area contributed by atoms with E-state index in [0.717, 1.165) is 76.0 Å². The molecular weight excluding hydrogens is 516 g/mol. The van der Waals surface area contributed by atoms with Gasteiger partial charge >= 0.3 is 19.5 Å². The summed E-state index contributed by atoms with van der Waals surface area (Å²) in [5.41, 5.74) is 0. The van der Waals surface area contributed by atoms with Gasteiger partial charge < -0.3 is 21.3 Å². The van der Waals surface area contributed by atoms with Crippen LogP contribution >= 0.6 is 12.6 Å². The number of hydrogen-bond acceptors (Lipinski definition) is 2. The number of piperidine rings is 4. The van der Waals surface area contributed by atoms with E-state index in [1.54, 1.807) is 0 Å². The molecule has 4 aliphatic heterocycles. The number of nitrogens with zero attached hydrogens (tertiary/aromatic N) is 5. The van der Waals surface area contributed by atoms with Gasteiger partial charge in [-0.3, -0.25) is 0 Å². The van der Waals surface area contributed by atoms with Crippen LogP contribution in [0, 0.1) is 34.3 Å². The molecule has 0 unspecified atom stereocenters. The fraction of sp³-hybridized carbons (Fsp3) is 0.966. The van der Waals surface area contributed by atoms with E-state index in [1.165, 1.54) is 82.5 Å². The zero-order chi connectivity index (χ0) is 26.0. The average molecular weight is 573 g/mol. The fourth-order valence-corrected chi connectivity index (χ4v) is 4.85. The van der Waals surface area contributed by atoms with E-state index in [2.05, 4.69) is 61.6 Å². The van der Waals surface area contributed by atoms with Crippen LogP contribution in [-0.4, -0.2) is 52.4 Å². The summed E-state index contributed by atoms with van der Waals surface area (Å²) in [6.45, 7) is 18.1. The second kappa shape index (κ2) is 29.9. The summed E-state index contributed by atoms with van der Waals surface area (Å²) in [7, 11) is 0. The van der Waals surface area contributed by atoms with Gasteiger partial charge in [-0.05, 0) is 23.7 Å². The van der Waals surface area contributed by atoms with Gasteiger partial charge in [0.15, 0.2) is 0 Å². The number of rotatable bonds is 4. The van der Waals surface area contributed by atoms with Crippen LogP contribution in [0.1, 0.15) is 105 Å². The van der Waals surface area contributed by atoms with Crippen molar-refractivity contribution in [1.29, 1.82) is 5.26 Å². The average Bonchev–Trinajstić information content (AvgIpc) is 2.96. The first kappa shape index (κ1) is 38.5. The molecule has 4 fully saturated rings. The summed E-state index contributed by atoms with van der Waals surface area (Å²) >= 11 is 3.09. The Hall–Kier alpha value is 0.303. The van der Waals surface area contributed by atoms with Gasteiger partial charge in [-0.2, -0.15) is 5.26 Å². The van der Waals surface area contributed by atoms with Crippen LogP contribution < -0.4 is 0 Å². The monoisotopic (exact) mass is 571 g/mol. The van der Waals surface area contributed by atoms with Gasteiger partial charge in [0.25, 0.3) is 0 Å². The van der Waals surface area contributed by atoms with Crippen molar-refractivity contribution in [3.05, 3.63) is 21.3 Å². The minimum absolute atomic E-state index is 0. The molecule has 0 N–H and O–H groups in total. The molecule has 0 aromatic heterocycles. The van der Waals surface area contributed by atoms with Crippen LogP contribution in [0.25, 0.3) is 21.3 Å². The van der Waals surface area contributed by atoms with Crippen molar-refractivity contribution in [3.63, 3.8) is 0 Å². The van der Waals surface area contributed by atoms with Crippen molar-refractivity contribution >= 4 is 12.6 Å². The normalized spacial score (nSPS) is 21.2. The Balaban J connectivity index is 0. The molecule has 4 saturated heterocycles. The van der Waals surface area contributed by atoms with E-state index in [9.17, 15) is 0 Å². The molecule has 5 nitrogen and oxygen atoms in total. The third-order valence-electron chi connectivity index (χ3n) is 7.87. The number of thiol groups is 1. The zero-order valence-corrected chi connectivity index (χ0v) is 28.2. The van der Waals surface area contributed by atoms with E-state index in [1.807, 2.05) is 0 Å². The van der Waals surface area contributed by atoms with Gasteiger partial charge in [-0.1, -0.05) is 117 Å². The van der Waals surface area contributed by atoms with Crippen molar-refractivity contribution < 1.29 is 19.5 Å². The first-order valence-corrected chi connectivity index (χ1v) is 15.2. The molecule has 0 aromatic rings. The predicted octanol–water partition coefficient (Wildman–Crippen LogP) is 9.12. The minimum atomic E-state index is 0. The van der Waals surface area contributed by atoms with Gasteiger partial charge in [0, 0.05) is 0 Å².